The van der Waals surface area contributed by atoms with E-state index < -0.39 is 5.97 Å². The number of nitrogens with one attached hydrogen (secondary N) is 1. The molecule has 8 heteroatoms. The van der Waals surface area contributed by atoms with E-state index in [2.05, 4.69) is 16.3 Å². The highest BCUT2D eigenvalue weighted by atomic mass is 16.5. The zero-order valence-corrected chi connectivity index (χ0v) is 22.1. The predicted molar refractivity (Wildman–Crippen MR) is 146 cm³/mol. The fourth-order valence-corrected chi connectivity index (χ4v) is 4.49. The van der Waals surface area contributed by atoms with Crippen molar-refractivity contribution >= 4 is 12.4 Å². The first-order valence-corrected chi connectivity index (χ1v) is 12.8. The van der Waals surface area contributed by atoms with E-state index in [0.717, 1.165) is 41.9 Å². The van der Waals surface area contributed by atoms with Crippen LogP contribution >= 0.6 is 0 Å². The maximum absolute atomic E-state index is 11.4. The van der Waals surface area contributed by atoms with E-state index in [9.17, 15) is 24.9 Å². The van der Waals surface area contributed by atoms with Gasteiger partial charge in [0, 0.05) is 6.54 Å². The monoisotopic (exact) mass is 520 g/mol. The maximum atomic E-state index is 11.4. The normalized spacial score (nSPS) is 13.8. The lowest BCUT2D eigenvalue weighted by Crippen LogP contribution is -2.18. The molecule has 0 spiro atoms. The van der Waals surface area contributed by atoms with Gasteiger partial charge >= 0.3 is 5.97 Å². The molecule has 1 atom stereocenters. The molecule has 0 radical (unpaired) electrons. The van der Waals surface area contributed by atoms with E-state index >= 15 is 0 Å². The topological polar surface area (TPSA) is 119 Å². The van der Waals surface area contributed by atoms with Crippen molar-refractivity contribution in [2.24, 2.45) is 0 Å². The smallest absolute Gasteiger partial charge is 0.341 e. The third-order valence-corrected chi connectivity index (χ3v) is 6.44. The molecule has 202 valence electrons. The summed E-state index contributed by atoms with van der Waals surface area (Å²) in [5.74, 6) is -0.143. The van der Waals surface area contributed by atoms with Gasteiger partial charge in [-0.15, -0.1) is 0 Å². The number of hydrogen-bond donors (Lipinski definition) is 4. The molecule has 8 nitrogen and oxygen atoms in total. The molecule has 1 amide bonds. The summed E-state index contributed by atoms with van der Waals surface area (Å²) in [7, 11) is 0. The van der Waals surface area contributed by atoms with Gasteiger partial charge < -0.3 is 25.4 Å². The van der Waals surface area contributed by atoms with Gasteiger partial charge in [-0.2, -0.15) is 0 Å². The fraction of sp³-hybridized carbons (Fsp3) is 0.333. The average molecular weight is 521 g/mol. The Morgan fingerprint density at radius 3 is 2.39 bits per heavy atom. The Bertz CT molecular complexity index is 1250. The van der Waals surface area contributed by atoms with Gasteiger partial charge in [0.1, 0.15) is 22.8 Å². The summed E-state index contributed by atoms with van der Waals surface area (Å²) in [6.07, 6.45) is 3.12. The predicted octanol–water partition coefficient (Wildman–Crippen LogP) is 5.04. The molecule has 1 aliphatic rings. The first kappa shape index (κ1) is 28.5. The number of carbonyl (C=O) groups is 2. The Hall–Kier alpha value is -4.04. The highest BCUT2D eigenvalue weighted by molar-refractivity contribution is 5.92. The molecule has 0 bridgehead atoms. The molecule has 0 aromatic heterocycles. The molecule has 1 aliphatic heterocycles. The summed E-state index contributed by atoms with van der Waals surface area (Å²) in [4.78, 5) is 24.1. The van der Waals surface area contributed by atoms with E-state index in [0.29, 0.717) is 17.7 Å². The number of phenolic OH excluding ortho intramolecular Hbond substituents is 3. The van der Waals surface area contributed by atoms with E-state index in [1.54, 1.807) is 38.1 Å². The van der Waals surface area contributed by atoms with Crippen molar-refractivity contribution in [3.63, 3.8) is 0 Å². The minimum Gasteiger partial charge on any atom is -0.508 e. The minimum absolute atomic E-state index is 0.119. The van der Waals surface area contributed by atoms with Crippen LogP contribution < -0.4 is 5.32 Å². The van der Waals surface area contributed by atoms with Crippen LogP contribution in [-0.2, 0) is 16.1 Å². The second-order valence-corrected chi connectivity index (χ2v) is 9.37. The fourth-order valence-electron chi connectivity index (χ4n) is 4.49. The molecule has 3 aromatic rings. The third kappa shape index (κ3) is 7.73. The van der Waals surface area contributed by atoms with Crippen molar-refractivity contribution < 1.29 is 29.6 Å². The molecule has 0 saturated carbocycles. The number of aryl methyl sites for hydroxylation is 1. The van der Waals surface area contributed by atoms with Crippen LogP contribution in [0.3, 0.4) is 0 Å². The van der Waals surface area contributed by atoms with Gasteiger partial charge in [0.25, 0.3) is 0 Å². The number of nitrogens with zero attached hydrogens (tertiary/aromatic N) is 1. The van der Waals surface area contributed by atoms with E-state index in [4.69, 9.17) is 4.74 Å². The average Bonchev–Trinajstić information content (AvgIpc) is 3.37. The van der Waals surface area contributed by atoms with E-state index in [1.807, 2.05) is 19.1 Å². The highest BCUT2D eigenvalue weighted by Crippen LogP contribution is 2.31. The summed E-state index contributed by atoms with van der Waals surface area (Å²) in [6.45, 7) is 8.86. The molecule has 1 unspecified atom stereocenters. The van der Waals surface area contributed by atoms with Crippen LogP contribution in [0.15, 0.2) is 54.6 Å². The number of ether oxygens (including phenoxy) is 1. The van der Waals surface area contributed by atoms with Crippen LogP contribution in [0.25, 0.3) is 11.1 Å². The van der Waals surface area contributed by atoms with Gasteiger partial charge in [-0.25, -0.2) is 4.79 Å². The van der Waals surface area contributed by atoms with Crippen LogP contribution in [0, 0.1) is 6.92 Å². The number of carbonyl (C=O) groups excluding carboxylic acids is 2. The van der Waals surface area contributed by atoms with Gasteiger partial charge in [0.2, 0.25) is 6.41 Å². The van der Waals surface area contributed by atoms with Crippen molar-refractivity contribution in [3.8, 4) is 28.4 Å². The summed E-state index contributed by atoms with van der Waals surface area (Å²) >= 11 is 0. The van der Waals surface area contributed by atoms with Gasteiger partial charge in [0.05, 0.1) is 12.6 Å². The largest absolute Gasteiger partial charge is 0.508 e. The number of amides is 1. The van der Waals surface area contributed by atoms with Crippen molar-refractivity contribution in [3.05, 3.63) is 76.9 Å². The third-order valence-electron chi connectivity index (χ3n) is 6.44. The van der Waals surface area contributed by atoms with Gasteiger partial charge in [-0.3, -0.25) is 9.69 Å². The number of phenols is 3. The summed E-state index contributed by atoms with van der Waals surface area (Å²) in [5, 5.41) is 31.8. The van der Waals surface area contributed by atoms with Crippen molar-refractivity contribution in [2.45, 2.75) is 46.2 Å². The van der Waals surface area contributed by atoms with Crippen LogP contribution in [0.4, 0.5) is 0 Å². The van der Waals surface area contributed by atoms with Gasteiger partial charge in [-0.1, -0.05) is 12.1 Å². The molecule has 3 aromatic carbocycles. The number of hydrogen-bond acceptors (Lipinski definition) is 7. The zero-order chi connectivity index (χ0) is 27.7. The van der Waals surface area contributed by atoms with Gasteiger partial charge in [-0.05, 0) is 117 Å². The van der Waals surface area contributed by atoms with E-state index in [1.165, 1.54) is 25.0 Å². The number of likely N-dealkylation sites (tertiary alicyclic amines) is 1. The van der Waals surface area contributed by atoms with Crippen molar-refractivity contribution in [2.75, 3.05) is 19.7 Å². The Balaban J connectivity index is 0.000000216. The lowest BCUT2D eigenvalue weighted by molar-refractivity contribution is -0.110. The van der Waals surface area contributed by atoms with Gasteiger partial charge in [0.15, 0.2) is 0 Å². The molecule has 4 rings (SSSR count). The Morgan fingerprint density at radius 2 is 1.76 bits per heavy atom. The van der Waals surface area contributed by atoms with E-state index in [-0.39, 0.29) is 29.7 Å². The number of rotatable bonds is 8. The van der Waals surface area contributed by atoms with Crippen LogP contribution in [-0.4, -0.2) is 52.3 Å². The highest BCUT2D eigenvalue weighted by Gasteiger charge is 2.15. The SMILES string of the molecule is CCOC(=O)c1ccc(C(C)NC=O)cc1O.Cc1cc(O)ccc1-c1cc(O)cc(CN2CCCC2)c1. The number of benzene rings is 3. The second-order valence-electron chi connectivity index (χ2n) is 9.37. The number of esters is 1. The number of aromatic hydroxyl groups is 3. The van der Waals surface area contributed by atoms with Crippen LogP contribution in [0.1, 0.15) is 59.8 Å². The first-order valence-electron chi connectivity index (χ1n) is 12.8. The lowest BCUT2D eigenvalue weighted by atomic mass is 9.98. The molecule has 1 fully saturated rings. The van der Waals surface area contributed by atoms with Crippen LogP contribution in [0.2, 0.25) is 0 Å². The van der Waals surface area contributed by atoms with Crippen molar-refractivity contribution in [1.29, 1.82) is 0 Å². The van der Waals surface area contributed by atoms with Crippen LogP contribution in [0.5, 0.6) is 17.2 Å². The molecular formula is C30H36N2O6. The lowest BCUT2D eigenvalue weighted by Gasteiger charge is -2.16. The molecule has 1 saturated heterocycles. The molecule has 1 heterocycles. The Kier molecular flexibility index (Phi) is 10.1. The zero-order valence-electron chi connectivity index (χ0n) is 22.1. The maximum Gasteiger partial charge on any atom is 0.341 e. The Morgan fingerprint density at radius 1 is 1.03 bits per heavy atom. The minimum atomic E-state index is -0.562. The molecular weight excluding hydrogens is 484 g/mol. The molecule has 38 heavy (non-hydrogen) atoms. The first-order chi connectivity index (χ1) is 18.2. The summed E-state index contributed by atoms with van der Waals surface area (Å²) in [6, 6.07) is 15.5. The molecule has 4 N–H and O–H groups in total. The standard InChI is InChI=1S/C18H21NO2.C12H15NO4/c1-13-8-16(20)4-5-18(13)15-9-14(10-17(21)11-15)12-19-6-2-3-7-19;1-3-17-12(16)10-5-4-9(6-11(10)15)8(2)13-7-14/h4-5,8-11,20-21H,2-3,6-7,12H2,1H3;4-8,15H,3H2,1-2H3,(H,13,14). The second kappa shape index (κ2) is 13.5. The molecule has 0 aliphatic carbocycles. The summed E-state index contributed by atoms with van der Waals surface area (Å²) in [5.41, 5.74) is 5.02. The summed E-state index contributed by atoms with van der Waals surface area (Å²) < 4.78 is 4.79. The quantitative estimate of drug-likeness (QED) is 0.243. The Labute approximate surface area is 223 Å². The van der Waals surface area contributed by atoms with Crippen molar-refractivity contribution in [1.82, 2.24) is 10.2 Å².